The third kappa shape index (κ3) is 4.59. The minimum atomic E-state index is -0.364. The van der Waals surface area contributed by atoms with Gasteiger partial charge in [-0.05, 0) is 50.6 Å². The summed E-state index contributed by atoms with van der Waals surface area (Å²) in [6.07, 6.45) is 3.42. The first-order valence-corrected chi connectivity index (χ1v) is 9.60. The summed E-state index contributed by atoms with van der Waals surface area (Å²) >= 11 is 0. The van der Waals surface area contributed by atoms with Crippen LogP contribution in [0, 0.1) is 12.7 Å². The molecule has 1 atom stereocenters. The molecule has 1 aromatic carbocycles. The molecule has 29 heavy (non-hydrogen) atoms. The van der Waals surface area contributed by atoms with Crippen LogP contribution < -0.4 is 10.9 Å². The van der Waals surface area contributed by atoms with Crippen molar-refractivity contribution in [3.63, 3.8) is 0 Å². The van der Waals surface area contributed by atoms with Crippen molar-refractivity contribution in [2.24, 2.45) is 0 Å². The lowest BCUT2D eigenvalue weighted by atomic mass is 10.1. The number of nitrogens with zero attached hydrogens (tertiary/aromatic N) is 4. The zero-order valence-electron chi connectivity index (χ0n) is 16.7. The number of halogens is 1. The van der Waals surface area contributed by atoms with E-state index in [1.54, 1.807) is 23.0 Å². The maximum atomic E-state index is 13.2. The van der Waals surface area contributed by atoms with Crippen molar-refractivity contribution < 1.29 is 9.18 Å². The van der Waals surface area contributed by atoms with Crippen molar-refractivity contribution in [1.82, 2.24) is 24.9 Å². The van der Waals surface area contributed by atoms with Crippen LogP contribution in [0.15, 0.2) is 47.4 Å². The highest BCUT2D eigenvalue weighted by molar-refractivity contribution is 5.92. The van der Waals surface area contributed by atoms with Crippen molar-refractivity contribution in [3.8, 4) is 5.69 Å². The molecule has 0 radical (unpaired) electrons. The number of carbonyl (C=O) groups is 1. The molecule has 1 unspecified atom stereocenters. The molecular formula is C21H24FN5O2. The summed E-state index contributed by atoms with van der Waals surface area (Å²) in [7, 11) is 0. The molecule has 7 nitrogen and oxygen atoms in total. The molecule has 152 valence electrons. The molecule has 0 aliphatic rings. The van der Waals surface area contributed by atoms with Gasteiger partial charge in [0.25, 0.3) is 11.5 Å². The van der Waals surface area contributed by atoms with Crippen LogP contribution in [-0.2, 0) is 6.54 Å². The molecule has 2 heterocycles. The van der Waals surface area contributed by atoms with Crippen LogP contribution in [0.5, 0.6) is 0 Å². The topological polar surface area (TPSA) is 81.8 Å². The van der Waals surface area contributed by atoms with Gasteiger partial charge >= 0.3 is 0 Å². The fraction of sp³-hybridized carbons (Fsp3) is 0.333. The number of hydrogen-bond donors (Lipinski definition) is 1. The molecule has 3 rings (SSSR count). The Bertz CT molecular complexity index is 1060. The van der Waals surface area contributed by atoms with Crippen LogP contribution in [-0.4, -0.2) is 25.5 Å². The lowest BCUT2D eigenvalue weighted by Crippen LogP contribution is -2.31. The van der Waals surface area contributed by atoms with Gasteiger partial charge in [0, 0.05) is 23.9 Å². The minimum Gasteiger partial charge on any atom is -0.344 e. The fourth-order valence-corrected chi connectivity index (χ4v) is 3.08. The predicted molar refractivity (Wildman–Crippen MR) is 108 cm³/mol. The summed E-state index contributed by atoms with van der Waals surface area (Å²) in [5, 5.41) is 11.4. The van der Waals surface area contributed by atoms with E-state index in [0.29, 0.717) is 6.54 Å². The maximum Gasteiger partial charge on any atom is 0.272 e. The number of rotatable bonds is 7. The predicted octanol–water partition coefficient (Wildman–Crippen LogP) is 3.17. The van der Waals surface area contributed by atoms with Gasteiger partial charge in [-0.15, -0.1) is 0 Å². The second kappa shape index (κ2) is 8.81. The van der Waals surface area contributed by atoms with Gasteiger partial charge in [0.15, 0.2) is 0 Å². The van der Waals surface area contributed by atoms with Crippen molar-refractivity contribution in [1.29, 1.82) is 0 Å². The minimum absolute atomic E-state index is 0.191. The van der Waals surface area contributed by atoms with Crippen LogP contribution in [0.25, 0.3) is 5.69 Å². The summed E-state index contributed by atoms with van der Waals surface area (Å²) in [4.78, 5) is 24.5. The van der Waals surface area contributed by atoms with E-state index in [0.717, 1.165) is 29.8 Å². The van der Waals surface area contributed by atoms with Crippen molar-refractivity contribution in [3.05, 3.63) is 75.7 Å². The Morgan fingerprint density at radius 1 is 1.21 bits per heavy atom. The third-order valence-electron chi connectivity index (χ3n) is 4.76. The molecule has 1 amide bonds. The Balaban J connectivity index is 1.77. The molecule has 0 bridgehead atoms. The average Bonchev–Trinajstić information content (AvgIpc) is 3.09. The number of aryl methyl sites for hydroxylation is 1. The van der Waals surface area contributed by atoms with E-state index < -0.39 is 0 Å². The van der Waals surface area contributed by atoms with E-state index in [1.165, 1.54) is 28.9 Å². The zero-order chi connectivity index (χ0) is 21.0. The monoisotopic (exact) mass is 397 g/mol. The molecule has 0 fully saturated rings. The summed E-state index contributed by atoms with van der Waals surface area (Å²) in [6.45, 7) is 6.24. The van der Waals surface area contributed by atoms with Gasteiger partial charge in [0.1, 0.15) is 11.5 Å². The van der Waals surface area contributed by atoms with Crippen molar-refractivity contribution in [2.45, 2.75) is 46.2 Å². The highest BCUT2D eigenvalue weighted by atomic mass is 19.1. The number of aromatic nitrogens is 4. The number of hydrogen-bond acceptors (Lipinski definition) is 4. The normalized spacial score (nSPS) is 12.0. The van der Waals surface area contributed by atoms with E-state index in [-0.39, 0.29) is 29.0 Å². The summed E-state index contributed by atoms with van der Waals surface area (Å²) in [6, 6.07) is 8.51. The van der Waals surface area contributed by atoms with E-state index in [2.05, 4.69) is 15.5 Å². The molecule has 3 aromatic rings. The van der Waals surface area contributed by atoms with Crippen LogP contribution in [0.3, 0.4) is 0 Å². The molecule has 0 aliphatic heterocycles. The number of carbonyl (C=O) groups excluding carboxylic acids is 1. The standard InChI is InChI=1S/C21H24FN5O2/c1-4-5-12-26-20(28)11-10-19(25-26)21(29)24-14(2)18-13-23-27(15(18)3)17-8-6-16(22)7-9-17/h6-11,13-14H,4-5,12H2,1-3H3,(H,24,29). The van der Waals surface area contributed by atoms with Gasteiger partial charge in [-0.25, -0.2) is 13.8 Å². The van der Waals surface area contributed by atoms with Crippen LogP contribution in [0.1, 0.15) is 54.5 Å². The first kappa shape index (κ1) is 20.4. The van der Waals surface area contributed by atoms with E-state index in [1.807, 2.05) is 20.8 Å². The average molecular weight is 397 g/mol. The van der Waals surface area contributed by atoms with Gasteiger partial charge in [0.2, 0.25) is 0 Å². The molecule has 0 saturated carbocycles. The smallest absolute Gasteiger partial charge is 0.272 e. The van der Waals surface area contributed by atoms with E-state index in [9.17, 15) is 14.0 Å². The summed E-state index contributed by atoms with van der Waals surface area (Å²) in [5.74, 6) is -0.677. The second-order valence-electron chi connectivity index (χ2n) is 6.90. The van der Waals surface area contributed by atoms with E-state index >= 15 is 0 Å². The first-order valence-electron chi connectivity index (χ1n) is 9.60. The molecule has 0 aliphatic carbocycles. The third-order valence-corrected chi connectivity index (χ3v) is 4.76. The van der Waals surface area contributed by atoms with E-state index in [4.69, 9.17) is 0 Å². The molecule has 1 N–H and O–H groups in total. The van der Waals surface area contributed by atoms with Crippen LogP contribution in [0.2, 0.25) is 0 Å². The number of amides is 1. The molecule has 0 saturated heterocycles. The Morgan fingerprint density at radius 2 is 1.93 bits per heavy atom. The lowest BCUT2D eigenvalue weighted by Gasteiger charge is -2.14. The Hall–Kier alpha value is -3.29. The second-order valence-corrected chi connectivity index (χ2v) is 6.90. The zero-order valence-corrected chi connectivity index (χ0v) is 16.7. The van der Waals surface area contributed by atoms with Crippen LogP contribution >= 0.6 is 0 Å². The highest BCUT2D eigenvalue weighted by Crippen LogP contribution is 2.20. The lowest BCUT2D eigenvalue weighted by molar-refractivity contribution is 0.0932. The van der Waals surface area contributed by atoms with Gasteiger partial charge in [-0.3, -0.25) is 9.59 Å². The maximum absolute atomic E-state index is 13.2. The highest BCUT2D eigenvalue weighted by Gasteiger charge is 2.18. The summed E-state index contributed by atoms with van der Waals surface area (Å²) < 4.78 is 16.2. The number of benzene rings is 1. The van der Waals surface area contributed by atoms with Crippen molar-refractivity contribution >= 4 is 5.91 Å². The Kier molecular flexibility index (Phi) is 6.21. The Labute approximate surface area is 168 Å². The van der Waals surface area contributed by atoms with Crippen molar-refractivity contribution in [2.75, 3.05) is 0 Å². The van der Waals surface area contributed by atoms with Gasteiger partial charge in [-0.2, -0.15) is 10.2 Å². The van der Waals surface area contributed by atoms with Crippen LogP contribution in [0.4, 0.5) is 4.39 Å². The molecule has 2 aromatic heterocycles. The quantitative estimate of drug-likeness (QED) is 0.664. The number of nitrogens with one attached hydrogen (secondary N) is 1. The number of unbranched alkanes of at least 4 members (excludes halogenated alkanes) is 1. The SMILES string of the molecule is CCCCn1nc(C(=O)NC(C)c2cnn(-c3ccc(F)cc3)c2C)ccc1=O. The van der Waals surface area contributed by atoms with Gasteiger partial charge < -0.3 is 5.32 Å². The van der Waals surface area contributed by atoms with Gasteiger partial charge in [-0.1, -0.05) is 13.3 Å². The molecule has 0 spiro atoms. The first-order chi connectivity index (χ1) is 13.9. The molecular weight excluding hydrogens is 373 g/mol. The fourth-order valence-electron chi connectivity index (χ4n) is 3.08. The summed E-state index contributed by atoms with van der Waals surface area (Å²) in [5.41, 5.74) is 2.38. The largest absolute Gasteiger partial charge is 0.344 e. The molecule has 8 heteroatoms. The Morgan fingerprint density at radius 3 is 2.62 bits per heavy atom. The van der Waals surface area contributed by atoms with Gasteiger partial charge in [0.05, 0.1) is 17.9 Å².